The summed E-state index contributed by atoms with van der Waals surface area (Å²) in [4.78, 5) is 28.1. The SMILES string of the molecule is COCCN(CC(=O)N1N=C(c2ccc(OC)cc2OC)C[C@H]1c1ccccc1)C(=O)Nc1ccc(C(F)(F)F)cc1. The van der Waals surface area contributed by atoms with Crippen molar-refractivity contribution >= 4 is 23.3 Å². The minimum absolute atomic E-state index is 0.0570. The number of halogens is 3. The van der Waals surface area contributed by atoms with Crippen LogP contribution in [0.3, 0.4) is 0 Å². The van der Waals surface area contributed by atoms with Crippen LogP contribution in [0.5, 0.6) is 11.5 Å². The quantitative estimate of drug-likeness (QED) is 0.336. The van der Waals surface area contributed by atoms with Gasteiger partial charge in [0.25, 0.3) is 5.91 Å². The zero-order valence-electron chi connectivity index (χ0n) is 23.4. The van der Waals surface area contributed by atoms with Crippen LogP contribution in [0.15, 0.2) is 77.9 Å². The van der Waals surface area contributed by atoms with E-state index in [1.54, 1.807) is 19.2 Å². The van der Waals surface area contributed by atoms with Crippen LogP contribution >= 0.6 is 0 Å². The Morgan fingerprint density at radius 3 is 2.33 bits per heavy atom. The predicted octanol–water partition coefficient (Wildman–Crippen LogP) is 5.58. The topological polar surface area (TPSA) is 92.7 Å². The van der Waals surface area contributed by atoms with Crippen molar-refractivity contribution in [2.24, 2.45) is 5.10 Å². The molecular formula is C30H31F3N4O5. The number of amides is 3. The molecule has 1 aliphatic rings. The number of urea groups is 1. The van der Waals surface area contributed by atoms with Crippen LogP contribution < -0.4 is 14.8 Å². The summed E-state index contributed by atoms with van der Waals surface area (Å²) in [6.45, 7) is -0.162. The Balaban J connectivity index is 1.59. The third-order valence-corrected chi connectivity index (χ3v) is 6.71. The summed E-state index contributed by atoms with van der Waals surface area (Å²) < 4.78 is 54.8. The number of anilines is 1. The Morgan fingerprint density at radius 1 is 1.00 bits per heavy atom. The second kappa shape index (κ2) is 13.4. The first kappa shape index (κ1) is 30.4. The molecule has 1 heterocycles. The number of hydrogen-bond acceptors (Lipinski definition) is 6. The van der Waals surface area contributed by atoms with E-state index in [4.69, 9.17) is 14.2 Å². The van der Waals surface area contributed by atoms with Crippen molar-refractivity contribution in [2.75, 3.05) is 46.3 Å². The highest BCUT2D eigenvalue weighted by Gasteiger charge is 2.35. The van der Waals surface area contributed by atoms with Gasteiger partial charge in [0.1, 0.15) is 18.0 Å². The molecule has 12 heteroatoms. The first-order valence-corrected chi connectivity index (χ1v) is 13.0. The molecule has 0 saturated carbocycles. The van der Waals surface area contributed by atoms with Gasteiger partial charge >= 0.3 is 12.2 Å². The molecule has 3 amide bonds. The smallest absolute Gasteiger partial charge is 0.416 e. The van der Waals surface area contributed by atoms with Gasteiger partial charge in [-0.25, -0.2) is 9.80 Å². The number of carbonyl (C=O) groups excluding carboxylic acids is 2. The van der Waals surface area contributed by atoms with Crippen molar-refractivity contribution in [3.05, 3.63) is 89.5 Å². The summed E-state index contributed by atoms with van der Waals surface area (Å²) in [5.74, 6) is 0.687. The Kier molecular flexibility index (Phi) is 9.68. The van der Waals surface area contributed by atoms with Gasteiger partial charge in [0, 0.05) is 37.4 Å². The number of methoxy groups -OCH3 is 3. The van der Waals surface area contributed by atoms with Gasteiger partial charge in [-0.1, -0.05) is 30.3 Å². The van der Waals surface area contributed by atoms with Gasteiger partial charge in [-0.2, -0.15) is 18.3 Å². The number of benzene rings is 3. The molecule has 0 aliphatic carbocycles. The molecule has 4 rings (SSSR count). The van der Waals surface area contributed by atoms with Gasteiger partial charge in [-0.05, 0) is 42.0 Å². The normalized spacial score (nSPS) is 14.8. The van der Waals surface area contributed by atoms with Gasteiger partial charge in [0.15, 0.2) is 0 Å². The van der Waals surface area contributed by atoms with Crippen molar-refractivity contribution in [3.63, 3.8) is 0 Å². The van der Waals surface area contributed by atoms with E-state index in [1.165, 1.54) is 24.1 Å². The molecule has 42 heavy (non-hydrogen) atoms. The zero-order valence-corrected chi connectivity index (χ0v) is 23.4. The first-order valence-electron chi connectivity index (χ1n) is 13.0. The third-order valence-electron chi connectivity index (χ3n) is 6.71. The first-order chi connectivity index (χ1) is 20.1. The summed E-state index contributed by atoms with van der Waals surface area (Å²) >= 11 is 0. The molecule has 0 fully saturated rings. The molecule has 0 radical (unpaired) electrons. The molecule has 1 aliphatic heterocycles. The lowest BCUT2D eigenvalue weighted by molar-refractivity contribution is -0.137. The number of nitrogens with one attached hydrogen (secondary N) is 1. The van der Waals surface area contributed by atoms with Crippen molar-refractivity contribution < 1.29 is 37.0 Å². The maximum absolute atomic E-state index is 13.7. The maximum atomic E-state index is 13.7. The van der Waals surface area contributed by atoms with Crippen LogP contribution in [-0.2, 0) is 15.7 Å². The number of hydrogen-bond donors (Lipinski definition) is 1. The second-order valence-corrected chi connectivity index (χ2v) is 9.40. The van der Waals surface area contributed by atoms with Crippen LogP contribution in [-0.4, -0.2) is 68.6 Å². The highest BCUT2D eigenvalue weighted by Crippen LogP contribution is 2.36. The van der Waals surface area contributed by atoms with E-state index in [2.05, 4.69) is 10.4 Å². The van der Waals surface area contributed by atoms with Crippen LogP contribution in [0.4, 0.5) is 23.7 Å². The van der Waals surface area contributed by atoms with Crippen molar-refractivity contribution in [1.29, 1.82) is 0 Å². The highest BCUT2D eigenvalue weighted by atomic mass is 19.4. The van der Waals surface area contributed by atoms with E-state index in [9.17, 15) is 22.8 Å². The van der Waals surface area contributed by atoms with Crippen molar-refractivity contribution in [1.82, 2.24) is 9.91 Å². The maximum Gasteiger partial charge on any atom is 0.416 e. The van der Waals surface area contributed by atoms with E-state index in [0.29, 0.717) is 29.2 Å². The molecule has 0 aromatic heterocycles. The largest absolute Gasteiger partial charge is 0.497 e. The molecule has 3 aromatic rings. The number of hydrazone groups is 1. The van der Waals surface area contributed by atoms with Crippen LogP contribution in [0.1, 0.15) is 29.2 Å². The average molecular weight is 585 g/mol. The molecule has 9 nitrogen and oxygen atoms in total. The van der Waals surface area contributed by atoms with Crippen molar-refractivity contribution in [3.8, 4) is 11.5 Å². The Bertz CT molecular complexity index is 1410. The van der Waals surface area contributed by atoms with E-state index < -0.39 is 29.7 Å². The van der Waals surface area contributed by atoms with E-state index >= 15 is 0 Å². The molecule has 222 valence electrons. The molecule has 1 atom stereocenters. The summed E-state index contributed by atoms with van der Waals surface area (Å²) in [7, 11) is 4.54. The molecule has 0 spiro atoms. The summed E-state index contributed by atoms with van der Waals surface area (Å²) in [6, 6.07) is 17.7. The molecule has 0 bridgehead atoms. The predicted molar refractivity (Wildman–Crippen MR) is 151 cm³/mol. The minimum atomic E-state index is -4.50. The number of carbonyl (C=O) groups is 2. The van der Waals surface area contributed by atoms with Gasteiger partial charge in [-0.3, -0.25) is 4.79 Å². The van der Waals surface area contributed by atoms with Gasteiger partial charge in [0.2, 0.25) is 0 Å². The Morgan fingerprint density at radius 2 is 1.71 bits per heavy atom. The number of ether oxygens (including phenoxy) is 3. The second-order valence-electron chi connectivity index (χ2n) is 9.40. The molecular weight excluding hydrogens is 553 g/mol. The fourth-order valence-electron chi connectivity index (χ4n) is 4.51. The fourth-order valence-corrected chi connectivity index (χ4v) is 4.51. The number of rotatable bonds is 10. The molecule has 0 saturated heterocycles. The van der Waals surface area contributed by atoms with E-state index in [0.717, 1.165) is 29.8 Å². The van der Waals surface area contributed by atoms with Gasteiger partial charge < -0.3 is 24.4 Å². The van der Waals surface area contributed by atoms with Crippen molar-refractivity contribution in [2.45, 2.75) is 18.6 Å². The van der Waals surface area contributed by atoms with Gasteiger partial charge in [0.05, 0.1) is 38.1 Å². The van der Waals surface area contributed by atoms with Crippen LogP contribution in [0, 0.1) is 0 Å². The lowest BCUT2D eigenvalue weighted by atomic mass is 9.98. The Labute approximate surface area is 241 Å². The number of alkyl halides is 3. The van der Waals surface area contributed by atoms with E-state index in [1.807, 2.05) is 36.4 Å². The summed E-state index contributed by atoms with van der Waals surface area (Å²) in [5, 5.41) is 8.59. The highest BCUT2D eigenvalue weighted by molar-refractivity contribution is 6.05. The number of nitrogens with zero attached hydrogens (tertiary/aromatic N) is 3. The third kappa shape index (κ3) is 7.19. The van der Waals surface area contributed by atoms with Gasteiger partial charge in [-0.15, -0.1) is 0 Å². The van der Waals surface area contributed by atoms with Crippen LogP contribution in [0.2, 0.25) is 0 Å². The zero-order chi connectivity index (χ0) is 30.3. The average Bonchev–Trinajstić information content (AvgIpc) is 3.44. The minimum Gasteiger partial charge on any atom is -0.497 e. The van der Waals surface area contributed by atoms with E-state index in [-0.39, 0.29) is 25.4 Å². The lowest BCUT2D eigenvalue weighted by Crippen LogP contribution is -2.44. The lowest BCUT2D eigenvalue weighted by Gasteiger charge is -2.27. The monoisotopic (exact) mass is 584 g/mol. The summed E-state index contributed by atoms with van der Waals surface area (Å²) in [6.07, 6.45) is -4.10. The molecule has 3 aromatic carbocycles. The Hall–Kier alpha value is -4.58. The summed E-state index contributed by atoms with van der Waals surface area (Å²) in [5.41, 5.74) is 1.49. The molecule has 1 N–H and O–H groups in total. The fraction of sp³-hybridized carbons (Fsp3) is 0.300. The standard InChI is InChI=1S/C30H31F3N4O5/c1-40-16-15-36(29(39)34-22-11-9-21(10-12-22)30(31,32)33)19-28(38)37-26(20-7-5-4-6-8-20)18-25(35-37)24-14-13-23(41-2)17-27(24)42-3/h4-14,17,26H,15-16,18-19H2,1-3H3,(H,34,39)/t26-/m0/s1. The van der Waals surface area contributed by atoms with Crippen LogP contribution in [0.25, 0.3) is 0 Å². The molecule has 0 unspecified atom stereocenters.